The molecule has 0 saturated carbocycles. The van der Waals surface area contributed by atoms with Crippen LogP contribution < -0.4 is 5.32 Å². The van der Waals surface area contributed by atoms with Gasteiger partial charge in [0, 0.05) is 17.8 Å². The summed E-state index contributed by atoms with van der Waals surface area (Å²) < 4.78 is 5.28. The molecule has 1 heterocycles. The third-order valence-corrected chi connectivity index (χ3v) is 4.73. The molecule has 144 valence electrons. The Bertz CT molecular complexity index is 887. The standard InChI is InChI=1S/C21H21N3O4/c1-2-24-18(12-28-13-19(24)25)20(26)15-7-9-17(10-8-15)23-21(27)16-5-3-14(11-22)4-6-16/h3-10,18,20,26H,2,12-13H2,1H3,(H,23,27). The number of morpholine rings is 1. The van der Waals surface area contributed by atoms with Crippen molar-refractivity contribution in [2.75, 3.05) is 25.1 Å². The molecule has 3 rings (SSSR count). The van der Waals surface area contributed by atoms with Gasteiger partial charge in [-0.15, -0.1) is 0 Å². The zero-order valence-electron chi connectivity index (χ0n) is 15.5. The van der Waals surface area contributed by atoms with Crippen molar-refractivity contribution in [2.24, 2.45) is 0 Å². The first-order chi connectivity index (χ1) is 13.5. The Morgan fingerprint density at radius 3 is 2.57 bits per heavy atom. The number of nitriles is 1. The van der Waals surface area contributed by atoms with Crippen molar-refractivity contribution in [2.45, 2.75) is 19.1 Å². The van der Waals surface area contributed by atoms with Gasteiger partial charge in [0.05, 0.1) is 24.3 Å². The molecule has 1 fully saturated rings. The molecule has 1 saturated heterocycles. The van der Waals surface area contributed by atoms with E-state index in [1.807, 2.05) is 13.0 Å². The van der Waals surface area contributed by atoms with Crippen LogP contribution in [0.3, 0.4) is 0 Å². The highest BCUT2D eigenvalue weighted by Crippen LogP contribution is 2.25. The van der Waals surface area contributed by atoms with E-state index in [1.165, 1.54) is 0 Å². The maximum absolute atomic E-state index is 12.3. The van der Waals surface area contributed by atoms with Gasteiger partial charge in [-0.05, 0) is 48.9 Å². The maximum Gasteiger partial charge on any atom is 0.255 e. The van der Waals surface area contributed by atoms with Crippen LogP contribution in [0.2, 0.25) is 0 Å². The lowest BCUT2D eigenvalue weighted by Crippen LogP contribution is -2.51. The SMILES string of the molecule is CCN1C(=O)COCC1C(O)c1ccc(NC(=O)c2ccc(C#N)cc2)cc1. The van der Waals surface area contributed by atoms with Crippen LogP contribution in [0, 0.1) is 11.3 Å². The Kier molecular flexibility index (Phi) is 6.04. The highest BCUT2D eigenvalue weighted by atomic mass is 16.5. The lowest BCUT2D eigenvalue weighted by molar-refractivity contribution is -0.153. The Hall–Kier alpha value is -3.21. The molecule has 2 aromatic rings. The molecule has 2 amide bonds. The van der Waals surface area contributed by atoms with Gasteiger partial charge in [-0.2, -0.15) is 5.26 Å². The number of ether oxygens (including phenoxy) is 1. The molecule has 7 nitrogen and oxygen atoms in total. The molecule has 1 aliphatic heterocycles. The van der Waals surface area contributed by atoms with Crippen molar-refractivity contribution in [3.63, 3.8) is 0 Å². The molecule has 28 heavy (non-hydrogen) atoms. The van der Waals surface area contributed by atoms with Gasteiger partial charge in [0.25, 0.3) is 5.91 Å². The van der Waals surface area contributed by atoms with E-state index in [9.17, 15) is 14.7 Å². The van der Waals surface area contributed by atoms with E-state index in [1.54, 1.807) is 53.4 Å². The molecule has 0 radical (unpaired) electrons. The molecule has 0 aromatic heterocycles. The van der Waals surface area contributed by atoms with Crippen LogP contribution in [0.15, 0.2) is 48.5 Å². The number of carbonyl (C=O) groups is 2. The predicted octanol–water partition coefficient (Wildman–Crippen LogP) is 2.09. The summed E-state index contributed by atoms with van der Waals surface area (Å²) in [7, 11) is 0. The van der Waals surface area contributed by atoms with E-state index in [0.29, 0.717) is 28.9 Å². The minimum atomic E-state index is -0.882. The van der Waals surface area contributed by atoms with Gasteiger partial charge in [0.1, 0.15) is 12.7 Å². The first kappa shape index (κ1) is 19.5. The minimum absolute atomic E-state index is 0.0391. The fraction of sp³-hybridized carbons (Fsp3) is 0.286. The molecule has 0 bridgehead atoms. The molecule has 0 spiro atoms. The van der Waals surface area contributed by atoms with Crippen LogP contribution in [0.25, 0.3) is 0 Å². The smallest absolute Gasteiger partial charge is 0.255 e. The molecule has 7 heteroatoms. The molecular formula is C21H21N3O4. The third-order valence-electron chi connectivity index (χ3n) is 4.73. The Morgan fingerprint density at radius 2 is 1.96 bits per heavy atom. The number of carbonyl (C=O) groups excluding carboxylic acids is 2. The molecule has 2 aromatic carbocycles. The molecule has 1 aliphatic rings. The van der Waals surface area contributed by atoms with Crippen molar-refractivity contribution >= 4 is 17.5 Å². The second kappa shape index (κ2) is 8.65. The minimum Gasteiger partial charge on any atom is -0.386 e. The topological polar surface area (TPSA) is 103 Å². The van der Waals surface area contributed by atoms with Crippen molar-refractivity contribution < 1.29 is 19.4 Å². The van der Waals surface area contributed by atoms with Crippen molar-refractivity contribution in [3.05, 3.63) is 65.2 Å². The first-order valence-electron chi connectivity index (χ1n) is 9.00. The van der Waals surface area contributed by atoms with Gasteiger partial charge in [-0.1, -0.05) is 12.1 Å². The number of hydrogen-bond acceptors (Lipinski definition) is 5. The Balaban J connectivity index is 1.68. The van der Waals surface area contributed by atoms with Crippen LogP contribution in [0.5, 0.6) is 0 Å². The summed E-state index contributed by atoms with van der Waals surface area (Å²) >= 11 is 0. The molecule has 2 unspecified atom stereocenters. The van der Waals surface area contributed by atoms with Crippen molar-refractivity contribution in [1.29, 1.82) is 5.26 Å². The normalized spacial score (nSPS) is 17.7. The number of benzene rings is 2. The van der Waals surface area contributed by atoms with Crippen LogP contribution in [0.4, 0.5) is 5.69 Å². The summed E-state index contributed by atoms with van der Waals surface area (Å²) in [5, 5.41) is 22.3. The van der Waals surface area contributed by atoms with Crippen molar-refractivity contribution in [3.8, 4) is 6.07 Å². The van der Waals surface area contributed by atoms with E-state index in [0.717, 1.165) is 0 Å². The highest BCUT2D eigenvalue weighted by molar-refractivity contribution is 6.04. The summed E-state index contributed by atoms with van der Waals surface area (Å²) in [6, 6.07) is 14.7. The van der Waals surface area contributed by atoms with Gasteiger partial charge in [0.2, 0.25) is 5.91 Å². The zero-order chi connectivity index (χ0) is 20.1. The second-order valence-corrected chi connectivity index (χ2v) is 6.47. The first-order valence-corrected chi connectivity index (χ1v) is 9.00. The Labute approximate surface area is 163 Å². The largest absolute Gasteiger partial charge is 0.386 e. The summed E-state index contributed by atoms with van der Waals surface area (Å²) in [6.07, 6.45) is -0.882. The quantitative estimate of drug-likeness (QED) is 0.828. The number of hydrogen-bond donors (Lipinski definition) is 2. The van der Waals surface area contributed by atoms with Gasteiger partial charge < -0.3 is 20.1 Å². The molecular weight excluding hydrogens is 358 g/mol. The molecule has 2 atom stereocenters. The lowest BCUT2D eigenvalue weighted by Gasteiger charge is -2.37. The third kappa shape index (κ3) is 4.19. The van der Waals surface area contributed by atoms with Crippen molar-refractivity contribution in [1.82, 2.24) is 4.90 Å². The van der Waals surface area contributed by atoms with Crippen LogP contribution in [-0.4, -0.2) is 47.6 Å². The van der Waals surface area contributed by atoms with Crippen LogP contribution in [-0.2, 0) is 9.53 Å². The zero-order valence-corrected chi connectivity index (χ0v) is 15.5. The summed E-state index contributed by atoms with van der Waals surface area (Å²) in [6.45, 7) is 2.68. The van der Waals surface area contributed by atoms with Gasteiger partial charge in [0.15, 0.2) is 0 Å². The number of aliphatic hydroxyl groups excluding tert-OH is 1. The molecule has 0 aliphatic carbocycles. The lowest BCUT2D eigenvalue weighted by atomic mass is 10.00. The van der Waals surface area contributed by atoms with E-state index in [-0.39, 0.29) is 25.0 Å². The summed E-state index contributed by atoms with van der Waals surface area (Å²) in [5.74, 6) is -0.426. The molecule has 2 N–H and O–H groups in total. The highest BCUT2D eigenvalue weighted by Gasteiger charge is 2.33. The fourth-order valence-electron chi connectivity index (χ4n) is 3.18. The Morgan fingerprint density at radius 1 is 1.29 bits per heavy atom. The van der Waals surface area contributed by atoms with Gasteiger partial charge >= 0.3 is 0 Å². The van der Waals surface area contributed by atoms with Gasteiger partial charge in [-0.3, -0.25) is 9.59 Å². The van der Waals surface area contributed by atoms with Crippen LogP contribution in [0.1, 0.15) is 34.5 Å². The van der Waals surface area contributed by atoms with E-state index in [2.05, 4.69) is 5.32 Å². The monoisotopic (exact) mass is 379 g/mol. The maximum atomic E-state index is 12.3. The number of nitrogens with one attached hydrogen (secondary N) is 1. The number of likely N-dealkylation sites (N-methyl/N-ethyl adjacent to an activating group) is 1. The van der Waals surface area contributed by atoms with E-state index in [4.69, 9.17) is 10.00 Å². The summed E-state index contributed by atoms with van der Waals surface area (Å²) in [5.41, 5.74) is 2.15. The van der Waals surface area contributed by atoms with E-state index >= 15 is 0 Å². The average molecular weight is 379 g/mol. The average Bonchev–Trinajstić information content (AvgIpc) is 2.73. The van der Waals surface area contributed by atoms with Gasteiger partial charge in [-0.25, -0.2) is 0 Å². The predicted molar refractivity (Wildman–Crippen MR) is 103 cm³/mol. The van der Waals surface area contributed by atoms with Crippen LogP contribution >= 0.6 is 0 Å². The fourth-order valence-corrected chi connectivity index (χ4v) is 3.18. The number of nitrogens with zero attached hydrogens (tertiary/aromatic N) is 2. The number of rotatable bonds is 5. The van der Waals surface area contributed by atoms with E-state index < -0.39 is 12.1 Å². The second-order valence-electron chi connectivity index (χ2n) is 6.47. The number of anilines is 1. The number of aliphatic hydroxyl groups is 1. The number of amides is 2. The summed E-state index contributed by atoms with van der Waals surface area (Å²) in [4.78, 5) is 25.9.